The fourth-order valence-corrected chi connectivity index (χ4v) is 4.60. The van der Waals surface area contributed by atoms with Crippen molar-refractivity contribution in [3.05, 3.63) is 76.5 Å². The normalized spacial score (nSPS) is 20.5. The predicted octanol–water partition coefficient (Wildman–Crippen LogP) is 2.57. The standard InChI is InChI=1S/C24H23ClN4O4/c25-17-8-6-16(7-9-17)22-21-19(15-33-23(21)31)29(24(32)26-22)14-20(30)28-12-10-27(11-13-28)18-4-2-1-3-5-18/h1-9,22H,10-15H2,(H,26,32). The molecule has 8 nitrogen and oxygen atoms in total. The van der Waals surface area contributed by atoms with E-state index in [9.17, 15) is 14.4 Å². The molecule has 3 aliphatic rings. The van der Waals surface area contributed by atoms with Crippen LogP contribution in [-0.4, -0.2) is 67.0 Å². The zero-order valence-electron chi connectivity index (χ0n) is 17.9. The number of esters is 1. The number of piperazine rings is 1. The topological polar surface area (TPSA) is 82.2 Å². The van der Waals surface area contributed by atoms with E-state index in [1.165, 1.54) is 4.90 Å². The first-order valence-corrected chi connectivity index (χ1v) is 11.2. The summed E-state index contributed by atoms with van der Waals surface area (Å²) in [5.41, 5.74) is 2.66. The minimum Gasteiger partial charge on any atom is -0.456 e. The van der Waals surface area contributed by atoms with Gasteiger partial charge >= 0.3 is 12.0 Å². The van der Waals surface area contributed by atoms with Gasteiger partial charge in [0.2, 0.25) is 5.91 Å². The van der Waals surface area contributed by atoms with Crippen molar-refractivity contribution in [2.24, 2.45) is 0 Å². The van der Waals surface area contributed by atoms with Gasteiger partial charge in [-0.1, -0.05) is 41.9 Å². The van der Waals surface area contributed by atoms with E-state index in [0.717, 1.165) is 24.3 Å². The third-order valence-corrected chi connectivity index (χ3v) is 6.50. The number of hydrogen-bond donors (Lipinski definition) is 1. The largest absolute Gasteiger partial charge is 0.456 e. The number of hydrogen-bond acceptors (Lipinski definition) is 5. The highest BCUT2D eigenvalue weighted by Crippen LogP contribution is 2.35. The summed E-state index contributed by atoms with van der Waals surface area (Å²) < 4.78 is 5.24. The van der Waals surface area contributed by atoms with Gasteiger partial charge in [0.1, 0.15) is 13.2 Å². The Kier molecular flexibility index (Phi) is 5.68. The minimum absolute atomic E-state index is 0.0270. The Bertz CT molecular complexity index is 1110. The Morgan fingerprint density at radius 3 is 2.39 bits per heavy atom. The number of anilines is 1. The molecule has 1 fully saturated rings. The quantitative estimate of drug-likeness (QED) is 0.700. The number of carbonyl (C=O) groups excluding carboxylic acids is 3. The van der Waals surface area contributed by atoms with Crippen LogP contribution < -0.4 is 10.2 Å². The molecule has 0 aliphatic carbocycles. The lowest BCUT2D eigenvalue weighted by Crippen LogP contribution is -2.54. The van der Waals surface area contributed by atoms with E-state index in [0.29, 0.717) is 29.4 Å². The minimum atomic E-state index is -0.638. The van der Waals surface area contributed by atoms with Crippen LogP contribution >= 0.6 is 11.6 Å². The lowest BCUT2D eigenvalue weighted by molar-refractivity contribution is -0.136. The first kappa shape index (κ1) is 21.3. The molecule has 0 bridgehead atoms. The number of cyclic esters (lactones) is 1. The third-order valence-electron chi connectivity index (χ3n) is 6.25. The number of rotatable bonds is 4. The molecule has 0 radical (unpaired) electrons. The lowest BCUT2D eigenvalue weighted by Gasteiger charge is -2.38. The average molecular weight is 467 g/mol. The van der Waals surface area contributed by atoms with Crippen LogP contribution in [0.3, 0.4) is 0 Å². The van der Waals surface area contributed by atoms with Gasteiger partial charge in [-0.05, 0) is 29.8 Å². The molecule has 1 atom stereocenters. The SMILES string of the molecule is O=C1OCC2=C1C(c1ccc(Cl)cc1)NC(=O)N2CC(=O)N1CCN(c2ccccc2)CC1. The van der Waals surface area contributed by atoms with E-state index in [-0.39, 0.29) is 19.1 Å². The second-order valence-electron chi connectivity index (χ2n) is 8.16. The van der Waals surface area contributed by atoms with Gasteiger partial charge in [-0.3, -0.25) is 9.69 Å². The number of urea groups is 1. The molecular weight excluding hydrogens is 444 g/mol. The van der Waals surface area contributed by atoms with Crippen LogP contribution in [0.1, 0.15) is 11.6 Å². The van der Waals surface area contributed by atoms with Crippen molar-refractivity contribution >= 4 is 35.2 Å². The molecule has 3 aliphatic heterocycles. The van der Waals surface area contributed by atoms with Crippen molar-refractivity contribution in [2.75, 3.05) is 44.2 Å². The van der Waals surface area contributed by atoms with E-state index in [4.69, 9.17) is 16.3 Å². The van der Waals surface area contributed by atoms with E-state index >= 15 is 0 Å². The van der Waals surface area contributed by atoms with Crippen molar-refractivity contribution in [2.45, 2.75) is 6.04 Å². The fraction of sp³-hybridized carbons (Fsp3) is 0.292. The third kappa shape index (κ3) is 4.14. The van der Waals surface area contributed by atoms with Crippen molar-refractivity contribution in [3.8, 4) is 0 Å². The number of para-hydroxylation sites is 1. The van der Waals surface area contributed by atoms with Gasteiger partial charge in [0.15, 0.2) is 0 Å². The number of benzene rings is 2. The summed E-state index contributed by atoms with van der Waals surface area (Å²) in [5, 5.41) is 3.41. The summed E-state index contributed by atoms with van der Waals surface area (Å²) in [6, 6.07) is 15.9. The van der Waals surface area contributed by atoms with E-state index in [1.54, 1.807) is 29.2 Å². The number of nitrogens with one attached hydrogen (secondary N) is 1. The zero-order valence-corrected chi connectivity index (χ0v) is 18.6. The molecule has 170 valence electrons. The molecule has 33 heavy (non-hydrogen) atoms. The molecule has 9 heteroatoms. The molecule has 2 aromatic rings. The van der Waals surface area contributed by atoms with Crippen LogP contribution in [-0.2, 0) is 14.3 Å². The molecule has 0 aromatic heterocycles. The molecule has 3 amide bonds. The van der Waals surface area contributed by atoms with Gasteiger partial charge in [0.25, 0.3) is 0 Å². The summed E-state index contributed by atoms with van der Waals surface area (Å²) in [5.74, 6) is -0.645. The van der Waals surface area contributed by atoms with Gasteiger partial charge < -0.3 is 19.9 Å². The number of carbonyl (C=O) groups is 3. The molecule has 1 N–H and O–H groups in total. The summed E-state index contributed by atoms with van der Waals surface area (Å²) >= 11 is 5.97. The Balaban J connectivity index is 1.30. The molecular formula is C24H23ClN4O4. The fourth-order valence-electron chi connectivity index (χ4n) is 4.47. The molecule has 2 aromatic carbocycles. The van der Waals surface area contributed by atoms with E-state index < -0.39 is 18.0 Å². The molecule has 3 heterocycles. The first-order valence-electron chi connectivity index (χ1n) is 10.8. The van der Waals surface area contributed by atoms with Gasteiger partial charge in [0, 0.05) is 36.9 Å². The van der Waals surface area contributed by atoms with Crippen LogP contribution in [0, 0.1) is 0 Å². The second-order valence-corrected chi connectivity index (χ2v) is 8.60. The first-order chi connectivity index (χ1) is 16.0. The van der Waals surface area contributed by atoms with Crippen molar-refractivity contribution < 1.29 is 19.1 Å². The highest BCUT2D eigenvalue weighted by atomic mass is 35.5. The molecule has 0 spiro atoms. The number of amides is 3. The number of halogens is 1. The highest BCUT2D eigenvalue weighted by Gasteiger charge is 2.43. The molecule has 1 saturated heterocycles. The lowest BCUT2D eigenvalue weighted by atomic mass is 9.96. The van der Waals surface area contributed by atoms with Gasteiger partial charge in [-0.25, -0.2) is 9.59 Å². The zero-order chi connectivity index (χ0) is 22.9. The van der Waals surface area contributed by atoms with E-state index in [1.807, 2.05) is 18.2 Å². The Morgan fingerprint density at radius 1 is 1.00 bits per heavy atom. The van der Waals surface area contributed by atoms with Crippen molar-refractivity contribution in [1.82, 2.24) is 15.1 Å². The van der Waals surface area contributed by atoms with Crippen LogP contribution in [0.15, 0.2) is 65.9 Å². The monoisotopic (exact) mass is 466 g/mol. The van der Waals surface area contributed by atoms with Crippen molar-refractivity contribution in [1.29, 1.82) is 0 Å². The molecule has 5 rings (SSSR count). The Morgan fingerprint density at radius 2 is 1.70 bits per heavy atom. The van der Waals surface area contributed by atoms with Crippen LogP contribution in [0.5, 0.6) is 0 Å². The summed E-state index contributed by atoms with van der Waals surface area (Å²) in [4.78, 5) is 43.8. The van der Waals surface area contributed by atoms with Crippen LogP contribution in [0.4, 0.5) is 10.5 Å². The number of ether oxygens (including phenoxy) is 1. The summed E-state index contributed by atoms with van der Waals surface area (Å²) in [6.45, 7) is 2.41. The number of nitrogens with zero attached hydrogens (tertiary/aromatic N) is 3. The van der Waals surface area contributed by atoms with Gasteiger partial charge in [-0.2, -0.15) is 0 Å². The van der Waals surface area contributed by atoms with E-state index in [2.05, 4.69) is 22.3 Å². The summed E-state index contributed by atoms with van der Waals surface area (Å²) in [7, 11) is 0. The second kappa shape index (κ2) is 8.78. The maximum atomic E-state index is 13.0. The average Bonchev–Trinajstić information content (AvgIpc) is 3.23. The summed E-state index contributed by atoms with van der Waals surface area (Å²) in [6.07, 6.45) is 0. The molecule has 0 saturated carbocycles. The van der Waals surface area contributed by atoms with Crippen LogP contribution in [0.2, 0.25) is 5.02 Å². The molecule has 1 unspecified atom stereocenters. The highest BCUT2D eigenvalue weighted by molar-refractivity contribution is 6.30. The maximum Gasteiger partial charge on any atom is 0.338 e. The Hall–Kier alpha value is -3.52. The van der Waals surface area contributed by atoms with Gasteiger partial charge in [0.05, 0.1) is 17.3 Å². The smallest absolute Gasteiger partial charge is 0.338 e. The predicted molar refractivity (Wildman–Crippen MR) is 123 cm³/mol. The maximum absolute atomic E-state index is 13.0. The van der Waals surface area contributed by atoms with Crippen LogP contribution in [0.25, 0.3) is 0 Å². The Labute approximate surface area is 196 Å². The van der Waals surface area contributed by atoms with Gasteiger partial charge in [-0.15, -0.1) is 0 Å². The van der Waals surface area contributed by atoms with Crippen molar-refractivity contribution in [3.63, 3.8) is 0 Å².